The zero-order valence-corrected chi connectivity index (χ0v) is 18.7. The standard InChI is InChI=1S/C22H26ClN3O4S/c23-18-8-6-16(7-9-18)12-14-24-21(27)5-2-13-25-31(29,30)19-10-11-20-17(15-19)3-1-4-22(28)26-20/h6-11,15,25H,1-5,12-14H2,(H,24,27)(H,26,28). The summed E-state index contributed by atoms with van der Waals surface area (Å²) in [4.78, 5) is 23.7. The van der Waals surface area contributed by atoms with Gasteiger partial charge in [-0.2, -0.15) is 0 Å². The normalized spacial score (nSPS) is 13.8. The van der Waals surface area contributed by atoms with Crippen LogP contribution in [-0.2, 0) is 32.5 Å². The summed E-state index contributed by atoms with van der Waals surface area (Å²) in [5.41, 5.74) is 2.56. The Morgan fingerprint density at radius 3 is 2.61 bits per heavy atom. The van der Waals surface area contributed by atoms with Crippen LogP contribution in [0.25, 0.3) is 0 Å². The van der Waals surface area contributed by atoms with Gasteiger partial charge in [0.1, 0.15) is 0 Å². The van der Waals surface area contributed by atoms with E-state index in [1.807, 2.05) is 24.3 Å². The van der Waals surface area contributed by atoms with E-state index < -0.39 is 10.0 Å². The molecule has 0 atom stereocenters. The lowest BCUT2D eigenvalue weighted by molar-refractivity contribution is -0.121. The van der Waals surface area contributed by atoms with Crippen molar-refractivity contribution < 1.29 is 18.0 Å². The predicted molar refractivity (Wildman–Crippen MR) is 121 cm³/mol. The van der Waals surface area contributed by atoms with E-state index in [1.54, 1.807) is 12.1 Å². The van der Waals surface area contributed by atoms with Gasteiger partial charge in [0.2, 0.25) is 21.8 Å². The molecule has 166 valence electrons. The minimum atomic E-state index is -3.68. The Bertz CT molecular complexity index is 1040. The lowest BCUT2D eigenvalue weighted by Crippen LogP contribution is -2.28. The first-order valence-corrected chi connectivity index (χ1v) is 12.1. The van der Waals surface area contributed by atoms with Crippen molar-refractivity contribution in [1.29, 1.82) is 0 Å². The lowest BCUT2D eigenvalue weighted by atomic mass is 10.1. The Balaban J connectivity index is 1.41. The first-order valence-electron chi connectivity index (χ1n) is 10.3. The van der Waals surface area contributed by atoms with Crippen LogP contribution in [0, 0.1) is 0 Å². The maximum atomic E-state index is 12.6. The third-order valence-corrected chi connectivity index (χ3v) is 6.74. The second kappa shape index (κ2) is 10.7. The fourth-order valence-electron chi connectivity index (χ4n) is 3.34. The number of rotatable bonds is 9. The SMILES string of the molecule is O=C(CCCNS(=O)(=O)c1ccc2c(c1)CCCC(=O)N2)NCCc1ccc(Cl)cc1. The van der Waals surface area contributed by atoms with Gasteiger partial charge in [0.25, 0.3) is 0 Å². The van der Waals surface area contributed by atoms with Gasteiger partial charge in [0.05, 0.1) is 4.90 Å². The van der Waals surface area contributed by atoms with Gasteiger partial charge in [-0.15, -0.1) is 0 Å². The summed E-state index contributed by atoms with van der Waals surface area (Å²) in [5, 5.41) is 6.30. The molecular formula is C22H26ClN3O4S. The average molecular weight is 464 g/mol. The Morgan fingerprint density at radius 2 is 1.84 bits per heavy atom. The summed E-state index contributed by atoms with van der Waals surface area (Å²) in [6.07, 6.45) is 3.09. The second-order valence-corrected chi connectivity index (χ2v) is 9.65. The molecule has 0 radical (unpaired) electrons. The molecular weight excluding hydrogens is 438 g/mol. The second-order valence-electron chi connectivity index (χ2n) is 7.45. The maximum Gasteiger partial charge on any atom is 0.240 e. The van der Waals surface area contributed by atoms with E-state index in [2.05, 4.69) is 15.4 Å². The molecule has 0 saturated carbocycles. The summed E-state index contributed by atoms with van der Waals surface area (Å²) in [6.45, 7) is 0.679. The summed E-state index contributed by atoms with van der Waals surface area (Å²) in [6, 6.07) is 12.2. The maximum absolute atomic E-state index is 12.6. The molecule has 3 rings (SSSR count). The first-order chi connectivity index (χ1) is 14.8. The Hall–Kier alpha value is -2.42. The van der Waals surface area contributed by atoms with Crippen molar-refractivity contribution in [1.82, 2.24) is 10.0 Å². The van der Waals surface area contributed by atoms with Gasteiger partial charge in [-0.05, 0) is 67.1 Å². The van der Waals surface area contributed by atoms with Gasteiger partial charge in [0.15, 0.2) is 0 Å². The minimum absolute atomic E-state index is 0.0566. The molecule has 7 nitrogen and oxygen atoms in total. The van der Waals surface area contributed by atoms with Crippen LogP contribution in [0.2, 0.25) is 5.02 Å². The summed E-state index contributed by atoms with van der Waals surface area (Å²) in [5.74, 6) is -0.173. The monoisotopic (exact) mass is 463 g/mol. The van der Waals surface area contributed by atoms with Crippen LogP contribution in [0.5, 0.6) is 0 Å². The van der Waals surface area contributed by atoms with E-state index in [1.165, 1.54) is 6.07 Å². The summed E-state index contributed by atoms with van der Waals surface area (Å²) in [7, 11) is -3.68. The number of fused-ring (bicyclic) bond motifs is 1. The van der Waals surface area contributed by atoms with E-state index in [0.717, 1.165) is 11.1 Å². The topological polar surface area (TPSA) is 104 Å². The Kier molecular flexibility index (Phi) is 8.06. The van der Waals surface area contributed by atoms with Crippen molar-refractivity contribution in [3.8, 4) is 0 Å². The fourth-order valence-corrected chi connectivity index (χ4v) is 4.59. The molecule has 3 N–H and O–H groups in total. The van der Waals surface area contributed by atoms with E-state index in [-0.39, 0.29) is 29.7 Å². The molecule has 0 saturated heterocycles. The van der Waals surface area contributed by atoms with E-state index in [9.17, 15) is 18.0 Å². The zero-order chi connectivity index (χ0) is 22.3. The van der Waals surface area contributed by atoms with Crippen LogP contribution in [0.1, 0.15) is 36.8 Å². The number of hydrogen-bond donors (Lipinski definition) is 3. The molecule has 9 heteroatoms. The van der Waals surface area contributed by atoms with E-state index >= 15 is 0 Å². The molecule has 2 aromatic rings. The van der Waals surface area contributed by atoms with Crippen molar-refractivity contribution in [3.05, 3.63) is 58.6 Å². The molecule has 1 aliphatic heterocycles. The smallest absolute Gasteiger partial charge is 0.240 e. The first kappa shape index (κ1) is 23.2. The highest BCUT2D eigenvalue weighted by atomic mass is 35.5. The molecule has 0 fully saturated rings. The number of benzene rings is 2. The molecule has 0 aromatic heterocycles. The number of carbonyl (C=O) groups excluding carboxylic acids is 2. The lowest BCUT2D eigenvalue weighted by Gasteiger charge is -2.11. The molecule has 0 unspecified atom stereocenters. The molecule has 2 amide bonds. The molecule has 0 bridgehead atoms. The van der Waals surface area contributed by atoms with Crippen molar-refractivity contribution in [2.75, 3.05) is 18.4 Å². The third kappa shape index (κ3) is 7.05. The number of aryl methyl sites for hydroxylation is 1. The van der Waals surface area contributed by atoms with Crippen LogP contribution in [-0.4, -0.2) is 33.3 Å². The van der Waals surface area contributed by atoms with Gasteiger partial charge >= 0.3 is 0 Å². The third-order valence-electron chi connectivity index (χ3n) is 5.03. The molecule has 1 aliphatic rings. The zero-order valence-electron chi connectivity index (χ0n) is 17.1. The van der Waals surface area contributed by atoms with Gasteiger partial charge in [-0.25, -0.2) is 13.1 Å². The van der Waals surface area contributed by atoms with Gasteiger partial charge < -0.3 is 10.6 Å². The van der Waals surface area contributed by atoms with Crippen molar-refractivity contribution in [2.45, 2.75) is 43.4 Å². The molecule has 2 aromatic carbocycles. The fraction of sp³-hybridized carbons (Fsp3) is 0.364. The van der Waals surface area contributed by atoms with Crippen LogP contribution in [0.15, 0.2) is 47.4 Å². The summed E-state index contributed by atoms with van der Waals surface area (Å²) < 4.78 is 27.7. The highest BCUT2D eigenvalue weighted by molar-refractivity contribution is 7.89. The quantitative estimate of drug-likeness (QED) is 0.497. The number of sulfonamides is 1. The Labute approximate surface area is 187 Å². The number of anilines is 1. The van der Waals surface area contributed by atoms with Gasteiger partial charge in [-0.1, -0.05) is 23.7 Å². The minimum Gasteiger partial charge on any atom is -0.356 e. The van der Waals surface area contributed by atoms with Crippen LogP contribution in [0.3, 0.4) is 0 Å². The van der Waals surface area contributed by atoms with E-state index in [0.29, 0.717) is 49.4 Å². The molecule has 0 aliphatic carbocycles. The molecule has 0 spiro atoms. The van der Waals surface area contributed by atoms with Gasteiger partial charge in [-0.3, -0.25) is 9.59 Å². The van der Waals surface area contributed by atoms with Crippen LogP contribution < -0.4 is 15.4 Å². The Morgan fingerprint density at radius 1 is 1.06 bits per heavy atom. The van der Waals surface area contributed by atoms with Crippen molar-refractivity contribution in [3.63, 3.8) is 0 Å². The number of nitrogens with one attached hydrogen (secondary N) is 3. The highest BCUT2D eigenvalue weighted by Gasteiger charge is 2.18. The molecule has 1 heterocycles. The number of amides is 2. The van der Waals surface area contributed by atoms with E-state index in [4.69, 9.17) is 11.6 Å². The van der Waals surface area contributed by atoms with Crippen LogP contribution >= 0.6 is 11.6 Å². The van der Waals surface area contributed by atoms with Crippen molar-refractivity contribution in [2.24, 2.45) is 0 Å². The summed E-state index contributed by atoms with van der Waals surface area (Å²) >= 11 is 5.85. The average Bonchev–Trinajstić information content (AvgIpc) is 2.92. The predicted octanol–water partition coefficient (Wildman–Crippen LogP) is 3.03. The molecule has 31 heavy (non-hydrogen) atoms. The highest BCUT2D eigenvalue weighted by Crippen LogP contribution is 2.25. The largest absolute Gasteiger partial charge is 0.356 e. The van der Waals surface area contributed by atoms with Gasteiger partial charge in [0, 0.05) is 36.6 Å². The number of hydrogen-bond acceptors (Lipinski definition) is 4. The van der Waals surface area contributed by atoms with Crippen LogP contribution in [0.4, 0.5) is 5.69 Å². The van der Waals surface area contributed by atoms with Crippen molar-refractivity contribution >= 4 is 39.1 Å². The number of carbonyl (C=O) groups is 2. The number of halogens is 1.